The van der Waals surface area contributed by atoms with Gasteiger partial charge in [0, 0.05) is 11.6 Å². The first-order valence-electron chi connectivity index (χ1n) is 16.1. The molecular weight excluding hydrogens is 812 g/mol. The number of aryl methyl sites for hydroxylation is 2. The first kappa shape index (κ1) is 39.9. The van der Waals surface area contributed by atoms with Gasteiger partial charge in [-0.3, -0.25) is 29.8 Å². The van der Waals surface area contributed by atoms with E-state index >= 15 is 0 Å². The van der Waals surface area contributed by atoms with Crippen molar-refractivity contribution in [1.82, 2.24) is 9.97 Å². The van der Waals surface area contributed by atoms with Crippen molar-refractivity contribution in [3.63, 3.8) is 0 Å². The van der Waals surface area contributed by atoms with E-state index in [4.69, 9.17) is 18.9 Å². The molecular formula is C38H33BrN6O8S2. The van der Waals surface area contributed by atoms with Crippen molar-refractivity contribution < 1.29 is 38.1 Å². The molecule has 0 aliphatic heterocycles. The summed E-state index contributed by atoms with van der Waals surface area (Å²) in [6.45, 7) is 3.80. The smallest absolute Gasteiger partial charge is 0.315 e. The molecule has 6 aromatic rings. The van der Waals surface area contributed by atoms with Gasteiger partial charge in [0.2, 0.25) is 0 Å². The minimum Gasteiger partial charge on any atom is -0.493 e. The minimum atomic E-state index is -0.833. The average molecular weight is 846 g/mol. The summed E-state index contributed by atoms with van der Waals surface area (Å²) in [6.07, 6.45) is 3.08. The number of ether oxygens (including phenoxy) is 4. The van der Waals surface area contributed by atoms with Crippen LogP contribution in [0.3, 0.4) is 0 Å². The topological polar surface area (TPSA) is 179 Å². The van der Waals surface area contributed by atoms with Gasteiger partial charge in [-0.25, -0.2) is 9.97 Å². The molecule has 55 heavy (non-hydrogen) atoms. The van der Waals surface area contributed by atoms with E-state index in [-0.39, 0.29) is 0 Å². The standard InChI is InChI=1S/C19H16BrN3O4S.C19H17N3O4S/c1-11-7-8-12(15(9-11)27-14-6-4-3-5-13(14)26-2)22-17(24)18(25)23-19-21-10-16(20)28-19;1-12-7-8-13(21-17(23)18(24)22-19-20-9-10-27-19)16(11-12)26-15-6-4-3-5-14(15)25-2/h3-10H,1-2H3,(H,22,24)(H,21,23,25);3-11H,1-2H3,(H,21,23)(H,20,22,24). The average Bonchev–Trinajstić information content (AvgIpc) is 3.85. The number of amides is 4. The number of nitrogens with one attached hydrogen (secondary N) is 4. The van der Waals surface area contributed by atoms with Crippen molar-refractivity contribution in [2.75, 3.05) is 35.5 Å². The highest BCUT2D eigenvalue weighted by Gasteiger charge is 2.20. The van der Waals surface area contributed by atoms with Crippen LogP contribution in [0.2, 0.25) is 0 Å². The van der Waals surface area contributed by atoms with Gasteiger partial charge in [0.1, 0.15) is 0 Å². The molecule has 0 fully saturated rings. The lowest BCUT2D eigenvalue weighted by atomic mass is 10.2. The number of nitrogens with zero attached hydrogens (tertiary/aromatic N) is 2. The molecule has 0 bridgehead atoms. The number of carbonyl (C=O) groups excluding carboxylic acids is 4. The van der Waals surface area contributed by atoms with Gasteiger partial charge >= 0.3 is 23.6 Å². The van der Waals surface area contributed by atoms with E-state index in [1.54, 1.807) is 74.2 Å². The molecule has 4 amide bonds. The highest BCUT2D eigenvalue weighted by Crippen LogP contribution is 2.37. The van der Waals surface area contributed by atoms with Crippen molar-refractivity contribution in [2.45, 2.75) is 13.8 Å². The Morgan fingerprint density at radius 1 is 0.582 bits per heavy atom. The zero-order chi connectivity index (χ0) is 39.3. The number of thiazole rings is 2. The molecule has 282 valence electrons. The van der Waals surface area contributed by atoms with Crippen LogP contribution in [0, 0.1) is 13.8 Å². The molecule has 0 saturated heterocycles. The second kappa shape index (κ2) is 19.2. The van der Waals surface area contributed by atoms with Crippen LogP contribution in [-0.4, -0.2) is 47.8 Å². The number of aromatic nitrogens is 2. The summed E-state index contributed by atoms with van der Waals surface area (Å²) in [5.74, 6) is -0.418. The monoisotopic (exact) mass is 844 g/mol. The number of anilines is 4. The zero-order valence-electron chi connectivity index (χ0n) is 29.7. The molecule has 6 rings (SSSR count). The third kappa shape index (κ3) is 11.3. The van der Waals surface area contributed by atoms with E-state index in [2.05, 4.69) is 47.2 Å². The van der Waals surface area contributed by atoms with Crippen LogP contribution in [0.25, 0.3) is 0 Å². The number of rotatable bonds is 10. The Bertz CT molecular complexity index is 2300. The van der Waals surface area contributed by atoms with Crippen molar-refractivity contribution >= 4 is 83.9 Å². The van der Waals surface area contributed by atoms with Crippen LogP contribution in [0.15, 0.2) is 106 Å². The lowest BCUT2D eigenvalue weighted by molar-refractivity contribution is -0.133. The number of benzene rings is 4. The van der Waals surface area contributed by atoms with Gasteiger partial charge < -0.3 is 29.6 Å². The van der Waals surface area contributed by atoms with Crippen LogP contribution in [-0.2, 0) is 19.2 Å². The predicted octanol–water partition coefficient (Wildman–Crippen LogP) is 8.42. The summed E-state index contributed by atoms with van der Waals surface area (Å²) in [4.78, 5) is 56.6. The number of carbonyl (C=O) groups is 4. The molecule has 14 nitrogen and oxygen atoms in total. The number of hydrogen-bond acceptors (Lipinski definition) is 12. The Hall–Kier alpha value is -6.30. The van der Waals surface area contributed by atoms with Gasteiger partial charge in [-0.15, -0.1) is 11.3 Å². The number of halogens is 1. The Balaban J connectivity index is 0.000000211. The maximum atomic E-state index is 12.3. The van der Waals surface area contributed by atoms with Gasteiger partial charge in [0.15, 0.2) is 44.8 Å². The maximum absolute atomic E-state index is 12.3. The van der Waals surface area contributed by atoms with Gasteiger partial charge in [-0.05, 0) is 89.4 Å². The first-order valence-corrected chi connectivity index (χ1v) is 18.6. The van der Waals surface area contributed by atoms with E-state index in [0.29, 0.717) is 56.1 Å². The quantitative estimate of drug-likeness (QED) is 0.0979. The van der Waals surface area contributed by atoms with Crippen LogP contribution >= 0.6 is 38.6 Å². The summed E-state index contributed by atoms with van der Waals surface area (Å²) in [5, 5.41) is 12.4. The molecule has 0 unspecified atom stereocenters. The number of hydrogen-bond donors (Lipinski definition) is 4. The van der Waals surface area contributed by atoms with Crippen LogP contribution in [0.5, 0.6) is 34.5 Å². The van der Waals surface area contributed by atoms with Crippen molar-refractivity contribution in [2.24, 2.45) is 0 Å². The molecule has 2 aromatic heterocycles. The summed E-state index contributed by atoms with van der Waals surface area (Å²) in [5.41, 5.74) is 2.59. The van der Waals surface area contributed by atoms with Crippen molar-refractivity contribution in [3.05, 3.63) is 118 Å². The van der Waals surface area contributed by atoms with Gasteiger partial charge in [-0.2, -0.15) is 0 Å². The molecule has 0 atom stereocenters. The van der Waals surface area contributed by atoms with E-state index in [1.807, 2.05) is 44.2 Å². The summed E-state index contributed by atoms with van der Waals surface area (Å²) in [6, 6.07) is 24.8. The number of para-hydroxylation sites is 4. The fourth-order valence-electron chi connectivity index (χ4n) is 4.54. The SMILES string of the molecule is COc1ccccc1Oc1cc(C)ccc1NC(=O)C(=O)Nc1ncc(Br)s1.COc1ccccc1Oc1cc(C)ccc1NC(=O)C(=O)Nc1nccs1. The zero-order valence-corrected chi connectivity index (χ0v) is 32.9. The van der Waals surface area contributed by atoms with E-state index in [9.17, 15) is 19.2 Å². The van der Waals surface area contributed by atoms with Crippen LogP contribution in [0.1, 0.15) is 11.1 Å². The third-order valence-corrected chi connectivity index (χ3v) is 9.19. The molecule has 0 aliphatic carbocycles. The first-order chi connectivity index (χ1) is 26.5. The second-order valence-electron chi connectivity index (χ2n) is 11.1. The summed E-state index contributed by atoms with van der Waals surface area (Å²) in [7, 11) is 3.09. The number of methoxy groups -OCH3 is 2. The summed E-state index contributed by atoms with van der Waals surface area (Å²) < 4.78 is 23.2. The lowest BCUT2D eigenvalue weighted by Gasteiger charge is -2.14. The minimum absolute atomic E-state index is 0.321. The van der Waals surface area contributed by atoms with Gasteiger partial charge in [0.05, 0.1) is 35.6 Å². The molecule has 0 saturated carbocycles. The lowest BCUT2D eigenvalue weighted by Crippen LogP contribution is -2.29. The Kier molecular flexibility index (Phi) is 13.9. The second-order valence-corrected chi connectivity index (χ2v) is 14.4. The van der Waals surface area contributed by atoms with Gasteiger partial charge in [0.25, 0.3) is 0 Å². The third-order valence-electron chi connectivity index (χ3n) is 7.11. The summed E-state index contributed by atoms with van der Waals surface area (Å²) >= 11 is 5.68. The Morgan fingerprint density at radius 3 is 1.45 bits per heavy atom. The molecule has 17 heteroatoms. The molecule has 2 heterocycles. The fraction of sp³-hybridized carbons (Fsp3) is 0.105. The van der Waals surface area contributed by atoms with E-state index < -0.39 is 23.6 Å². The van der Waals surface area contributed by atoms with E-state index in [1.165, 1.54) is 35.1 Å². The molecule has 4 aromatic carbocycles. The molecule has 0 spiro atoms. The van der Waals surface area contributed by atoms with Crippen molar-refractivity contribution in [3.8, 4) is 34.5 Å². The molecule has 0 aliphatic rings. The van der Waals surface area contributed by atoms with Crippen molar-refractivity contribution in [1.29, 1.82) is 0 Å². The largest absolute Gasteiger partial charge is 0.493 e. The Morgan fingerprint density at radius 2 is 1.04 bits per heavy atom. The highest BCUT2D eigenvalue weighted by atomic mass is 79.9. The molecule has 4 N–H and O–H groups in total. The fourth-order valence-corrected chi connectivity index (χ4v) is 6.17. The Labute approximate surface area is 332 Å². The van der Waals surface area contributed by atoms with Crippen LogP contribution < -0.4 is 40.2 Å². The normalized spacial score (nSPS) is 10.2. The maximum Gasteiger partial charge on any atom is 0.315 e. The van der Waals surface area contributed by atoms with Gasteiger partial charge in [-0.1, -0.05) is 47.7 Å². The van der Waals surface area contributed by atoms with E-state index in [0.717, 1.165) is 14.9 Å². The predicted molar refractivity (Wildman–Crippen MR) is 215 cm³/mol. The molecule has 0 radical (unpaired) electrons. The highest BCUT2D eigenvalue weighted by molar-refractivity contribution is 9.11. The van der Waals surface area contributed by atoms with Crippen LogP contribution in [0.4, 0.5) is 21.6 Å².